The lowest BCUT2D eigenvalue weighted by Crippen LogP contribution is -2.25. The van der Waals surface area contributed by atoms with E-state index in [1.165, 1.54) is 6.07 Å². The van der Waals surface area contributed by atoms with Gasteiger partial charge in [-0.3, -0.25) is 4.79 Å². The fourth-order valence-corrected chi connectivity index (χ4v) is 4.63. The van der Waals surface area contributed by atoms with Crippen LogP contribution in [0, 0.1) is 18.7 Å². The number of aromatic amines is 1. The average Bonchev–Trinajstić information content (AvgIpc) is 3.23. The number of hydrogen-bond acceptors (Lipinski definition) is 4. The summed E-state index contributed by atoms with van der Waals surface area (Å²) in [7, 11) is 0. The largest absolute Gasteiger partial charge is 0.481 e. The fourth-order valence-electron chi connectivity index (χ4n) is 4.63. The van der Waals surface area contributed by atoms with Gasteiger partial charge < -0.3 is 14.8 Å². The van der Waals surface area contributed by atoms with Crippen LogP contribution in [0.25, 0.3) is 33.5 Å². The topological polar surface area (TPSA) is 88.1 Å². The van der Waals surface area contributed by atoms with E-state index in [1.807, 2.05) is 37.3 Å². The summed E-state index contributed by atoms with van der Waals surface area (Å²) in [6, 6.07) is 14.7. The molecule has 2 aromatic heterocycles. The van der Waals surface area contributed by atoms with Crippen LogP contribution in [-0.4, -0.2) is 32.1 Å². The molecule has 0 unspecified atom stereocenters. The summed E-state index contributed by atoms with van der Waals surface area (Å²) in [5.41, 5.74) is 4.74. The van der Waals surface area contributed by atoms with Gasteiger partial charge in [0.2, 0.25) is 5.88 Å². The monoisotopic (exact) mass is 459 g/mol. The minimum atomic E-state index is -0.737. The van der Waals surface area contributed by atoms with E-state index in [4.69, 9.17) is 9.84 Å². The van der Waals surface area contributed by atoms with Crippen molar-refractivity contribution in [2.24, 2.45) is 5.92 Å². The maximum absolute atomic E-state index is 15.0. The predicted molar refractivity (Wildman–Crippen MR) is 128 cm³/mol. The number of nitrogens with one attached hydrogen (secondary N) is 1. The number of carboxylic acids is 1. The number of benzene rings is 2. The van der Waals surface area contributed by atoms with E-state index in [0.717, 1.165) is 53.4 Å². The molecule has 5 rings (SSSR count). The summed E-state index contributed by atoms with van der Waals surface area (Å²) in [5.74, 6) is 0.171. The maximum Gasteiger partial charge on any atom is 0.303 e. The Balaban J connectivity index is 1.26. The lowest BCUT2D eigenvalue weighted by atomic mass is 9.85. The maximum atomic E-state index is 15.0. The SMILES string of the molecule is Cc1ccc2nc(-c3ccc(-c4ccc(OC5CCC(CC(=O)O)CC5)nc4)cc3F)[nH]c2c1. The Bertz CT molecular complexity index is 1320. The van der Waals surface area contributed by atoms with Crippen molar-refractivity contribution in [2.45, 2.75) is 45.1 Å². The van der Waals surface area contributed by atoms with Crippen LogP contribution in [-0.2, 0) is 4.79 Å². The van der Waals surface area contributed by atoms with Crippen LogP contribution >= 0.6 is 0 Å². The first kappa shape index (κ1) is 22.1. The van der Waals surface area contributed by atoms with Crippen LogP contribution in [0.15, 0.2) is 54.7 Å². The van der Waals surface area contributed by atoms with Crippen molar-refractivity contribution in [3.05, 3.63) is 66.1 Å². The third kappa shape index (κ3) is 4.78. The van der Waals surface area contributed by atoms with Gasteiger partial charge in [-0.2, -0.15) is 0 Å². The van der Waals surface area contributed by atoms with Crippen LogP contribution in [0.3, 0.4) is 0 Å². The smallest absolute Gasteiger partial charge is 0.303 e. The van der Waals surface area contributed by atoms with Gasteiger partial charge in [0.05, 0.1) is 16.6 Å². The molecule has 4 aromatic rings. The molecular weight excluding hydrogens is 433 g/mol. The number of hydrogen-bond donors (Lipinski definition) is 2. The van der Waals surface area contributed by atoms with E-state index in [2.05, 4.69) is 15.0 Å². The molecule has 174 valence electrons. The van der Waals surface area contributed by atoms with Crippen LogP contribution in [0.4, 0.5) is 4.39 Å². The van der Waals surface area contributed by atoms with Crippen LogP contribution in [0.1, 0.15) is 37.7 Å². The number of nitrogens with zero attached hydrogens (tertiary/aromatic N) is 2. The first-order valence-corrected chi connectivity index (χ1v) is 11.6. The molecule has 0 radical (unpaired) electrons. The van der Waals surface area contributed by atoms with Crippen LogP contribution in [0.5, 0.6) is 5.88 Å². The molecule has 1 aliphatic rings. The zero-order valence-electron chi connectivity index (χ0n) is 18.9. The summed E-state index contributed by atoms with van der Waals surface area (Å²) in [6.07, 6.45) is 5.32. The van der Waals surface area contributed by atoms with Gasteiger partial charge in [0.25, 0.3) is 0 Å². The molecule has 6 nitrogen and oxygen atoms in total. The molecule has 0 saturated heterocycles. The first-order valence-electron chi connectivity index (χ1n) is 11.6. The number of H-pyrrole nitrogens is 1. The second-order valence-electron chi connectivity index (χ2n) is 9.04. The van der Waals surface area contributed by atoms with Crippen molar-refractivity contribution in [2.75, 3.05) is 0 Å². The Morgan fingerprint density at radius 1 is 1.09 bits per heavy atom. The summed E-state index contributed by atoms with van der Waals surface area (Å²) >= 11 is 0. The van der Waals surface area contributed by atoms with Crippen molar-refractivity contribution in [3.8, 4) is 28.4 Å². The fraction of sp³-hybridized carbons (Fsp3) is 0.296. The molecule has 7 heteroatoms. The Hall–Kier alpha value is -3.74. The molecular formula is C27H26FN3O3. The number of carbonyl (C=O) groups is 1. The molecule has 2 aromatic carbocycles. The Morgan fingerprint density at radius 3 is 2.59 bits per heavy atom. The summed E-state index contributed by atoms with van der Waals surface area (Å²) < 4.78 is 21.0. The summed E-state index contributed by atoms with van der Waals surface area (Å²) in [5, 5.41) is 8.95. The highest BCUT2D eigenvalue weighted by molar-refractivity contribution is 5.80. The van der Waals surface area contributed by atoms with Crippen molar-refractivity contribution < 1.29 is 19.0 Å². The third-order valence-corrected chi connectivity index (χ3v) is 6.48. The minimum Gasteiger partial charge on any atom is -0.481 e. The van der Waals surface area contributed by atoms with Crippen LogP contribution in [0.2, 0.25) is 0 Å². The zero-order chi connectivity index (χ0) is 23.7. The lowest BCUT2D eigenvalue weighted by molar-refractivity contribution is -0.138. The van der Waals surface area contributed by atoms with E-state index in [-0.39, 0.29) is 24.3 Å². The molecule has 2 N–H and O–H groups in total. The molecule has 0 amide bonds. The highest BCUT2D eigenvalue weighted by Gasteiger charge is 2.24. The lowest BCUT2D eigenvalue weighted by Gasteiger charge is -2.27. The number of halogens is 1. The van der Waals surface area contributed by atoms with Gasteiger partial charge in [-0.1, -0.05) is 12.1 Å². The van der Waals surface area contributed by atoms with Crippen molar-refractivity contribution in [3.63, 3.8) is 0 Å². The van der Waals surface area contributed by atoms with E-state index in [1.54, 1.807) is 18.3 Å². The third-order valence-electron chi connectivity index (χ3n) is 6.48. The van der Waals surface area contributed by atoms with Crippen molar-refractivity contribution in [1.29, 1.82) is 0 Å². The standard InChI is InChI=1S/C27H26FN3O3/c1-16-2-10-23-24(12-16)31-27(30-23)21-9-5-18(14-22(21)28)19-6-11-25(29-15-19)34-20-7-3-17(4-8-20)13-26(32)33/h2,5-6,9-12,14-15,17,20H,3-4,7-8,13H2,1H3,(H,30,31)(H,32,33). The molecule has 0 spiro atoms. The summed E-state index contributed by atoms with van der Waals surface area (Å²) in [4.78, 5) is 23.0. The molecule has 0 aliphatic heterocycles. The number of rotatable bonds is 6. The second-order valence-corrected chi connectivity index (χ2v) is 9.04. The number of ether oxygens (including phenoxy) is 1. The summed E-state index contributed by atoms with van der Waals surface area (Å²) in [6.45, 7) is 2.01. The van der Waals surface area contributed by atoms with Gasteiger partial charge in [0.1, 0.15) is 17.7 Å². The van der Waals surface area contributed by atoms with E-state index >= 15 is 0 Å². The second kappa shape index (κ2) is 9.25. The van der Waals surface area contributed by atoms with Gasteiger partial charge in [-0.15, -0.1) is 0 Å². The van der Waals surface area contributed by atoms with Gasteiger partial charge >= 0.3 is 5.97 Å². The van der Waals surface area contributed by atoms with Gasteiger partial charge in [-0.05, 0) is 80.0 Å². The number of aliphatic carboxylic acids is 1. The number of pyridine rings is 1. The van der Waals surface area contributed by atoms with Gasteiger partial charge in [0, 0.05) is 24.2 Å². The quantitative estimate of drug-likeness (QED) is 0.361. The number of imidazole rings is 1. The average molecular weight is 460 g/mol. The number of fused-ring (bicyclic) bond motifs is 1. The normalized spacial score (nSPS) is 18.2. The van der Waals surface area contributed by atoms with Crippen LogP contribution < -0.4 is 4.74 Å². The van der Waals surface area contributed by atoms with Gasteiger partial charge in [-0.25, -0.2) is 14.4 Å². The molecule has 0 atom stereocenters. The molecule has 2 heterocycles. The number of aryl methyl sites for hydroxylation is 1. The van der Waals surface area contributed by atoms with Crippen molar-refractivity contribution >= 4 is 17.0 Å². The van der Waals surface area contributed by atoms with Crippen molar-refractivity contribution in [1.82, 2.24) is 15.0 Å². The Labute approximate surface area is 196 Å². The first-order chi connectivity index (χ1) is 16.4. The Kier molecular flexibility index (Phi) is 6.01. The molecule has 34 heavy (non-hydrogen) atoms. The number of aromatic nitrogens is 3. The molecule has 1 saturated carbocycles. The van der Waals surface area contributed by atoms with E-state index in [9.17, 15) is 9.18 Å². The highest BCUT2D eigenvalue weighted by atomic mass is 19.1. The molecule has 1 fully saturated rings. The van der Waals surface area contributed by atoms with Gasteiger partial charge in [0.15, 0.2) is 0 Å². The van der Waals surface area contributed by atoms with E-state index in [0.29, 0.717) is 17.3 Å². The molecule has 0 bridgehead atoms. The molecule has 1 aliphatic carbocycles. The minimum absolute atomic E-state index is 0.0488. The zero-order valence-corrected chi connectivity index (χ0v) is 18.9. The Morgan fingerprint density at radius 2 is 1.88 bits per heavy atom. The highest BCUT2D eigenvalue weighted by Crippen LogP contribution is 2.31. The predicted octanol–water partition coefficient (Wildman–Crippen LogP) is 6.15. The number of carboxylic acid groups (broad SMARTS) is 1. The van der Waals surface area contributed by atoms with E-state index < -0.39 is 5.97 Å².